The molecule has 14 heavy (non-hydrogen) atoms. The van der Waals surface area contributed by atoms with Crippen LogP contribution in [-0.2, 0) is 0 Å². The van der Waals surface area contributed by atoms with Gasteiger partial charge in [-0.25, -0.2) is 0 Å². The predicted molar refractivity (Wildman–Crippen MR) is 53.0 cm³/mol. The van der Waals surface area contributed by atoms with Gasteiger partial charge in [0.05, 0.1) is 6.26 Å². The Hall–Kier alpha value is -1.09. The first kappa shape index (κ1) is 9.46. The van der Waals surface area contributed by atoms with Crippen LogP contribution in [0.4, 0.5) is 0 Å². The van der Waals surface area contributed by atoms with Gasteiger partial charge in [-0.2, -0.15) is 0 Å². The topological polar surface area (TPSA) is 56.2 Å². The quantitative estimate of drug-likeness (QED) is 0.730. The first-order chi connectivity index (χ1) is 6.64. The van der Waals surface area contributed by atoms with Crippen LogP contribution in [0, 0.1) is 5.41 Å². The maximum Gasteiger partial charge on any atom is 0.205 e. The molecule has 2 unspecified atom stereocenters. The fourth-order valence-electron chi connectivity index (χ4n) is 2.16. The van der Waals surface area contributed by atoms with Gasteiger partial charge in [0.2, 0.25) is 5.78 Å². The molecular formula is C11H15NO2. The maximum absolute atomic E-state index is 12.1. The van der Waals surface area contributed by atoms with Crippen LogP contribution in [-0.4, -0.2) is 11.8 Å². The standard InChI is InChI=1S/C11H15NO2/c1-11(6-2-5-9(11)12)10(13)8-4-3-7-14-8/h3-4,7,9H,2,5-6,12H2,1H3. The average molecular weight is 193 g/mol. The summed E-state index contributed by atoms with van der Waals surface area (Å²) >= 11 is 0. The molecule has 2 N–H and O–H groups in total. The normalized spacial score (nSPS) is 32.0. The number of ketones is 1. The zero-order valence-corrected chi connectivity index (χ0v) is 8.32. The monoisotopic (exact) mass is 193 g/mol. The van der Waals surface area contributed by atoms with Crippen LogP contribution in [0.2, 0.25) is 0 Å². The van der Waals surface area contributed by atoms with E-state index in [-0.39, 0.29) is 11.8 Å². The minimum absolute atomic E-state index is 0.0277. The minimum Gasteiger partial charge on any atom is -0.461 e. The molecule has 1 aliphatic rings. The number of rotatable bonds is 2. The van der Waals surface area contributed by atoms with Gasteiger partial charge in [0.25, 0.3) is 0 Å². The highest BCUT2D eigenvalue weighted by Gasteiger charge is 2.44. The van der Waals surface area contributed by atoms with Crippen molar-refractivity contribution in [2.45, 2.75) is 32.2 Å². The Kier molecular flexibility index (Phi) is 2.19. The first-order valence-corrected chi connectivity index (χ1v) is 4.98. The third-order valence-electron chi connectivity index (χ3n) is 3.29. The van der Waals surface area contributed by atoms with Gasteiger partial charge in [-0.15, -0.1) is 0 Å². The van der Waals surface area contributed by atoms with Gasteiger partial charge >= 0.3 is 0 Å². The third kappa shape index (κ3) is 1.28. The van der Waals surface area contributed by atoms with Crippen LogP contribution in [0.5, 0.6) is 0 Å². The van der Waals surface area contributed by atoms with Crippen molar-refractivity contribution in [2.24, 2.45) is 11.1 Å². The van der Waals surface area contributed by atoms with Crippen LogP contribution in [0.15, 0.2) is 22.8 Å². The summed E-state index contributed by atoms with van der Waals surface area (Å²) in [7, 11) is 0. The number of hydrogen-bond acceptors (Lipinski definition) is 3. The number of carbonyl (C=O) groups excluding carboxylic acids is 1. The first-order valence-electron chi connectivity index (χ1n) is 4.98. The molecule has 3 nitrogen and oxygen atoms in total. The fourth-order valence-corrected chi connectivity index (χ4v) is 2.16. The Labute approximate surface area is 83.3 Å². The van der Waals surface area contributed by atoms with E-state index >= 15 is 0 Å². The van der Waals surface area contributed by atoms with Crippen molar-refractivity contribution < 1.29 is 9.21 Å². The summed E-state index contributed by atoms with van der Waals surface area (Å²) in [4.78, 5) is 12.1. The number of hydrogen-bond donors (Lipinski definition) is 1. The SMILES string of the molecule is CC1(C(=O)c2ccco2)CCCC1N. The van der Waals surface area contributed by atoms with E-state index in [9.17, 15) is 4.79 Å². The smallest absolute Gasteiger partial charge is 0.205 e. The second-order valence-corrected chi connectivity index (χ2v) is 4.22. The molecule has 3 heteroatoms. The lowest BCUT2D eigenvalue weighted by molar-refractivity contribution is 0.0772. The predicted octanol–water partition coefficient (Wildman–Crippen LogP) is 1.98. The molecule has 1 fully saturated rings. The summed E-state index contributed by atoms with van der Waals surface area (Å²) in [5.41, 5.74) is 5.54. The van der Waals surface area contributed by atoms with E-state index in [1.165, 1.54) is 6.26 Å². The average Bonchev–Trinajstić information content (AvgIpc) is 2.77. The molecule has 1 aliphatic carbocycles. The molecule has 0 spiro atoms. The van der Waals surface area contributed by atoms with Crippen LogP contribution < -0.4 is 5.73 Å². The van der Waals surface area contributed by atoms with Gasteiger partial charge in [0, 0.05) is 11.5 Å². The molecule has 0 amide bonds. The Bertz CT molecular complexity index is 331. The molecule has 1 aromatic rings. The van der Waals surface area contributed by atoms with E-state index in [0.29, 0.717) is 5.76 Å². The van der Waals surface area contributed by atoms with Crippen molar-refractivity contribution in [3.8, 4) is 0 Å². The van der Waals surface area contributed by atoms with Crippen molar-refractivity contribution in [1.29, 1.82) is 0 Å². The molecule has 2 atom stereocenters. The van der Waals surface area contributed by atoms with Gasteiger partial charge < -0.3 is 10.2 Å². The fraction of sp³-hybridized carbons (Fsp3) is 0.545. The lowest BCUT2D eigenvalue weighted by Crippen LogP contribution is -2.40. The van der Waals surface area contributed by atoms with Crippen molar-refractivity contribution in [2.75, 3.05) is 0 Å². The van der Waals surface area contributed by atoms with Gasteiger partial charge in [-0.05, 0) is 25.0 Å². The van der Waals surface area contributed by atoms with Crippen LogP contribution in [0.3, 0.4) is 0 Å². The van der Waals surface area contributed by atoms with Crippen LogP contribution in [0.25, 0.3) is 0 Å². The van der Waals surface area contributed by atoms with Gasteiger partial charge in [-0.3, -0.25) is 4.79 Å². The zero-order chi connectivity index (χ0) is 10.2. The molecule has 0 aromatic carbocycles. The molecule has 0 saturated heterocycles. The van der Waals surface area contributed by atoms with Crippen molar-refractivity contribution >= 4 is 5.78 Å². The van der Waals surface area contributed by atoms with E-state index in [1.807, 2.05) is 6.92 Å². The number of furan rings is 1. The lowest BCUT2D eigenvalue weighted by Gasteiger charge is -2.25. The molecule has 0 radical (unpaired) electrons. The van der Waals surface area contributed by atoms with Gasteiger partial charge in [0.15, 0.2) is 5.76 Å². The lowest BCUT2D eigenvalue weighted by atomic mass is 9.80. The molecule has 76 valence electrons. The number of carbonyl (C=O) groups is 1. The summed E-state index contributed by atoms with van der Waals surface area (Å²) in [6, 6.07) is 3.41. The summed E-state index contributed by atoms with van der Waals surface area (Å²) in [5.74, 6) is 0.484. The minimum atomic E-state index is -0.419. The third-order valence-corrected chi connectivity index (χ3v) is 3.29. The van der Waals surface area contributed by atoms with E-state index in [2.05, 4.69) is 0 Å². The van der Waals surface area contributed by atoms with Gasteiger partial charge in [-0.1, -0.05) is 13.3 Å². The highest BCUT2D eigenvalue weighted by molar-refractivity contribution is 5.98. The Morgan fingerprint density at radius 1 is 1.71 bits per heavy atom. The Morgan fingerprint density at radius 2 is 2.50 bits per heavy atom. The molecular weight excluding hydrogens is 178 g/mol. The van der Waals surface area contributed by atoms with E-state index in [1.54, 1.807) is 12.1 Å². The van der Waals surface area contributed by atoms with Crippen molar-refractivity contribution in [3.63, 3.8) is 0 Å². The second-order valence-electron chi connectivity index (χ2n) is 4.22. The van der Waals surface area contributed by atoms with Crippen LogP contribution >= 0.6 is 0 Å². The van der Waals surface area contributed by atoms with Crippen molar-refractivity contribution in [1.82, 2.24) is 0 Å². The molecule has 0 aliphatic heterocycles. The molecule has 2 rings (SSSR count). The highest BCUT2D eigenvalue weighted by Crippen LogP contribution is 2.39. The zero-order valence-electron chi connectivity index (χ0n) is 8.32. The van der Waals surface area contributed by atoms with E-state index < -0.39 is 5.41 Å². The van der Waals surface area contributed by atoms with Gasteiger partial charge in [0.1, 0.15) is 0 Å². The Balaban J connectivity index is 2.27. The molecule has 0 bridgehead atoms. The van der Waals surface area contributed by atoms with Crippen LogP contribution in [0.1, 0.15) is 36.7 Å². The Morgan fingerprint density at radius 3 is 3.00 bits per heavy atom. The molecule has 1 aromatic heterocycles. The van der Waals surface area contributed by atoms with E-state index in [0.717, 1.165) is 19.3 Å². The highest BCUT2D eigenvalue weighted by atomic mass is 16.3. The summed E-state index contributed by atoms with van der Waals surface area (Å²) in [5, 5.41) is 0. The number of Topliss-reactive ketones (excluding diaryl/α,β-unsaturated/α-hetero) is 1. The second kappa shape index (κ2) is 3.24. The molecule has 1 heterocycles. The maximum atomic E-state index is 12.1. The summed E-state index contributed by atoms with van der Waals surface area (Å²) in [6.07, 6.45) is 4.36. The summed E-state index contributed by atoms with van der Waals surface area (Å²) < 4.78 is 5.12. The number of nitrogens with two attached hydrogens (primary N) is 1. The van der Waals surface area contributed by atoms with E-state index in [4.69, 9.17) is 10.2 Å². The largest absolute Gasteiger partial charge is 0.461 e. The summed E-state index contributed by atoms with van der Waals surface area (Å²) in [6.45, 7) is 1.94. The van der Waals surface area contributed by atoms with Crippen molar-refractivity contribution in [3.05, 3.63) is 24.2 Å². The molecule has 1 saturated carbocycles.